The van der Waals surface area contributed by atoms with Gasteiger partial charge in [-0.05, 0) is 79.2 Å². The third kappa shape index (κ3) is 5.08. The molecule has 1 aliphatic rings. The average Bonchev–Trinajstić information content (AvgIpc) is 3.49. The second-order valence-electron chi connectivity index (χ2n) is 9.03. The molecule has 0 bridgehead atoms. The fraction of sp³-hybridized carbons (Fsp3) is 0.308. The summed E-state index contributed by atoms with van der Waals surface area (Å²) in [7, 11) is 0. The Morgan fingerprint density at radius 2 is 1.75 bits per heavy atom. The number of carbonyl (C=O) groups is 3. The minimum Gasteiger partial charge on any atom is -0.395 e. The van der Waals surface area contributed by atoms with Crippen LogP contribution in [-0.4, -0.2) is 28.1 Å². The van der Waals surface area contributed by atoms with Crippen LogP contribution in [0.15, 0.2) is 42.5 Å². The molecule has 5 N–H and O–H groups in total. The zero-order valence-corrected chi connectivity index (χ0v) is 20.9. The van der Waals surface area contributed by atoms with Gasteiger partial charge in [0.1, 0.15) is 16.7 Å². The molecule has 188 valence electrons. The highest BCUT2D eigenvalue weighted by Gasteiger charge is 2.37. The zero-order chi connectivity index (χ0) is 26.0. The van der Waals surface area contributed by atoms with Crippen molar-refractivity contribution in [2.45, 2.75) is 51.6 Å². The Morgan fingerprint density at radius 3 is 2.33 bits per heavy atom. The van der Waals surface area contributed by atoms with Gasteiger partial charge in [-0.25, -0.2) is 4.39 Å². The molecule has 0 spiro atoms. The number of carbonyl (C=O) groups excluding carboxylic acids is 3. The number of hydrogen-bond acceptors (Lipinski definition) is 6. The standard InChI is InChI=1S/C26H28FN5O3S/c1-14-7-12-19(13-15(14)2)32(26(35)23-20(28)21(24(29)33)31-36-23)22(16-8-10-17(27)11-9-16)25(34)30-18-5-3-4-6-18/h7-13,18,22H,3-6,28H2,1-2H3,(H2,29,33)(H,30,34)/t22-/m1/s1. The van der Waals surface area contributed by atoms with Crippen molar-refractivity contribution in [3.05, 3.63) is 75.5 Å². The number of nitrogen functional groups attached to an aromatic ring is 1. The molecule has 0 saturated heterocycles. The van der Waals surface area contributed by atoms with Gasteiger partial charge in [0.05, 0.1) is 5.69 Å². The van der Waals surface area contributed by atoms with E-state index in [0.717, 1.165) is 48.3 Å². The first-order chi connectivity index (χ1) is 17.2. The Hall–Kier alpha value is -3.79. The van der Waals surface area contributed by atoms with Crippen molar-refractivity contribution in [2.75, 3.05) is 10.6 Å². The van der Waals surface area contributed by atoms with Crippen LogP contribution in [0.5, 0.6) is 0 Å². The topological polar surface area (TPSA) is 131 Å². The molecular weight excluding hydrogens is 481 g/mol. The van der Waals surface area contributed by atoms with Crippen LogP contribution in [0, 0.1) is 19.7 Å². The SMILES string of the molecule is Cc1ccc(N(C(=O)c2snc(C(N)=O)c2N)[C@@H](C(=O)NC2CCCC2)c2ccc(F)cc2)cc1C. The molecular formula is C26H28FN5O3S. The average molecular weight is 510 g/mol. The summed E-state index contributed by atoms with van der Waals surface area (Å²) in [4.78, 5) is 40.9. The van der Waals surface area contributed by atoms with Gasteiger partial charge in [0.15, 0.2) is 5.69 Å². The molecule has 0 radical (unpaired) electrons. The number of halogens is 1. The number of anilines is 2. The highest BCUT2D eigenvalue weighted by molar-refractivity contribution is 7.09. The highest BCUT2D eigenvalue weighted by Crippen LogP contribution is 2.34. The second-order valence-corrected chi connectivity index (χ2v) is 9.80. The summed E-state index contributed by atoms with van der Waals surface area (Å²) in [5.74, 6) is -2.32. The molecule has 1 fully saturated rings. The van der Waals surface area contributed by atoms with E-state index in [-0.39, 0.29) is 22.3 Å². The fourth-order valence-corrected chi connectivity index (χ4v) is 5.15. The number of aromatic nitrogens is 1. The van der Waals surface area contributed by atoms with Crippen LogP contribution in [0.4, 0.5) is 15.8 Å². The van der Waals surface area contributed by atoms with E-state index in [1.807, 2.05) is 19.9 Å². The molecule has 3 aromatic rings. The first-order valence-corrected chi connectivity index (χ1v) is 12.5. The van der Waals surface area contributed by atoms with Crippen LogP contribution >= 0.6 is 11.5 Å². The number of benzene rings is 2. The van der Waals surface area contributed by atoms with Crippen molar-refractivity contribution >= 4 is 40.6 Å². The monoisotopic (exact) mass is 509 g/mol. The van der Waals surface area contributed by atoms with Gasteiger partial charge in [-0.15, -0.1) is 0 Å². The summed E-state index contributed by atoms with van der Waals surface area (Å²) in [6.07, 6.45) is 3.73. The number of amides is 3. The third-order valence-corrected chi connectivity index (χ3v) is 7.39. The molecule has 1 heterocycles. The summed E-state index contributed by atoms with van der Waals surface area (Å²) in [6.45, 7) is 3.84. The molecule has 36 heavy (non-hydrogen) atoms. The van der Waals surface area contributed by atoms with Gasteiger partial charge < -0.3 is 16.8 Å². The minimum absolute atomic E-state index is 0.00732. The van der Waals surface area contributed by atoms with E-state index in [4.69, 9.17) is 11.5 Å². The number of nitrogens with two attached hydrogens (primary N) is 2. The van der Waals surface area contributed by atoms with Gasteiger partial charge in [-0.1, -0.05) is 31.0 Å². The van der Waals surface area contributed by atoms with E-state index in [1.54, 1.807) is 12.1 Å². The van der Waals surface area contributed by atoms with E-state index in [2.05, 4.69) is 9.69 Å². The number of primary amides is 1. The zero-order valence-electron chi connectivity index (χ0n) is 20.1. The Balaban J connectivity index is 1.87. The van der Waals surface area contributed by atoms with Crippen molar-refractivity contribution in [3.8, 4) is 0 Å². The van der Waals surface area contributed by atoms with Crippen molar-refractivity contribution in [2.24, 2.45) is 5.73 Å². The minimum atomic E-state index is -1.13. The quantitative estimate of drug-likeness (QED) is 0.443. The molecule has 1 saturated carbocycles. The molecule has 2 aromatic carbocycles. The lowest BCUT2D eigenvalue weighted by Crippen LogP contribution is -2.46. The van der Waals surface area contributed by atoms with Gasteiger partial charge in [0.25, 0.3) is 11.8 Å². The summed E-state index contributed by atoms with van der Waals surface area (Å²) in [5.41, 5.74) is 13.9. The molecule has 0 aliphatic heterocycles. The molecule has 0 unspecified atom stereocenters. The van der Waals surface area contributed by atoms with Crippen LogP contribution < -0.4 is 21.7 Å². The summed E-state index contributed by atoms with van der Waals surface area (Å²) in [5, 5.41) is 3.07. The Bertz CT molecular complexity index is 1300. The van der Waals surface area contributed by atoms with Crippen LogP contribution in [0.2, 0.25) is 0 Å². The summed E-state index contributed by atoms with van der Waals surface area (Å²) >= 11 is 0.744. The molecule has 1 aromatic heterocycles. The molecule has 3 amide bonds. The predicted molar refractivity (Wildman–Crippen MR) is 137 cm³/mol. The smallest absolute Gasteiger partial charge is 0.273 e. The number of rotatable bonds is 7. The largest absolute Gasteiger partial charge is 0.395 e. The molecule has 1 aliphatic carbocycles. The number of aryl methyl sites for hydroxylation is 2. The Kier molecular flexibility index (Phi) is 7.35. The van der Waals surface area contributed by atoms with Crippen LogP contribution in [0.1, 0.15) is 68.6 Å². The lowest BCUT2D eigenvalue weighted by Gasteiger charge is -2.32. The number of nitrogens with zero attached hydrogens (tertiary/aromatic N) is 2. The molecule has 4 rings (SSSR count). The molecule has 1 atom stereocenters. The van der Waals surface area contributed by atoms with Crippen molar-refractivity contribution < 1.29 is 18.8 Å². The fourth-order valence-electron chi connectivity index (χ4n) is 4.41. The maximum absolute atomic E-state index is 14.0. The van der Waals surface area contributed by atoms with E-state index in [0.29, 0.717) is 11.3 Å². The van der Waals surface area contributed by atoms with Gasteiger partial charge in [0.2, 0.25) is 5.91 Å². The van der Waals surface area contributed by atoms with E-state index < -0.39 is 29.6 Å². The van der Waals surface area contributed by atoms with Gasteiger partial charge in [-0.3, -0.25) is 19.3 Å². The highest BCUT2D eigenvalue weighted by atomic mass is 32.1. The normalized spacial score (nSPS) is 14.4. The van der Waals surface area contributed by atoms with Crippen molar-refractivity contribution in [1.29, 1.82) is 0 Å². The first kappa shape index (κ1) is 25.3. The maximum atomic E-state index is 14.0. The van der Waals surface area contributed by atoms with Gasteiger partial charge >= 0.3 is 0 Å². The number of hydrogen-bond donors (Lipinski definition) is 3. The summed E-state index contributed by atoms with van der Waals surface area (Å²) in [6, 6.07) is 9.74. The lowest BCUT2D eigenvalue weighted by atomic mass is 10.0. The van der Waals surface area contributed by atoms with Gasteiger partial charge in [0, 0.05) is 11.7 Å². The maximum Gasteiger partial charge on any atom is 0.273 e. The van der Waals surface area contributed by atoms with E-state index in [1.165, 1.54) is 29.2 Å². The van der Waals surface area contributed by atoms with Crippen LogP contribution in [0.25, 0.3) is 0 Å². The predicted octanol–water partition coefficient (Wildman–Crippen LogP) is 4.03. The number of nitrogens with one attached hydrogen (secondary N) is 1. The molecule has 10 heteroatoms. The first-order valence-electron chi connectivity index (χ1n) is 11.7. The second kappa shape index (κ2) is 10.4. The third-order valence-electron chi connectivity index (χ3n) is 6.54. The van der Waals surface area contributed by atoms with E-state index >= 15 is 0 Å². The molecule has 8 nitrogen and oxygen atoms in total. The van der Waals surface area contributed by atoms with Crippen molar-refractivity contribution in [3.63, 3.8) is 0 Å². The summed E-state index contributed by atoms with van der Waals surface area (Å²) < 4.78 is 17.8. The van der Waals surface area contributed by atoms with Gasteiger partial charge in [-0.2, -0.15) is 4.37 Å². The Labute approximate surface area is 212 Å². The van der Waals surface area contributed by atoms with Crippen LogP contribution in [-0.2, 0) is 4.79 Å². The Morgan fingerprint density at radius 1 is 1.08 bits per heavy atom. The lowest BCUT2D eigenvalue weighted by molar-refractivity contribution is -0.123. The van der Waals surface area contributed by atoms with E-state index in [9.17, 15) is 18.8 Å². The van der Waals surface area contributed by atoms with Crippen molar-refractivity contribution in [1.82, 2.24) is 9.69 Å². The van der Waals surface area contributed by atoms with Crippen LogP contribution in [0.3, 0.4) is 0 Å².